The summed E-state index contributed by atoms with van der Waals surface area (Å²) in [7, 11) is -3.61. The van der Waals surface area contributed by atoms with Crippen molar-refractivity contribution in [2.75, 3.05) is 25.4 Å². The molecule has 1 atom stereocenters. The van der Waals surface area contributed by atoms with Crippen LogP contribution in [0.2, 0.25) is 0 Å². The van der Waals surface area contributed by atoms with Gasteiger partial charge in [-0.25, -0.2) is 12.8 Å². The summed E-state index contributed by atoms with van der Waals surface area (Å²) in [5, 5.41) is 0. The Morgan fingerprint density at radius 3 is 2.59 bits per heavy atom. The van der Waals surface area contributed by atoms with Crippen molar-refractivity contribution in [3.05, 3.63) is 59.8 Å². The number of carbonyl (C=O) groups is 1. The summed E-state index contributed by atoms with van der Waals surface area (Å²) in [6, 6.07) is 9.38. The van der Waals surface area contributed by atoms with E-state index in [1.54, 1.807) is 24.3 Å². The number of furan rings is 1. The Labute approximate surface area is 189 Å². The van der Waals surface area contributed by atoms with E-state index in [0.717, 1.165) is 24.8 Å². The number of nitrogens with zero attached hydrogens (tertiary/aromatic N) is 2. The third kappa shape index (κ3) is 7.15. The fraction of sp³-hybridized carbons (Fsp3) is 0.522. The number of hydrogen-bond acceptors (Lipinski definition) is 5. The second-order valence-corrected chi connectivity index (χ2v) is 10.1. The first-order valence-electron chi connectivity index (χ1n) is 11.0. The summed E-state index contributed by atoms with van der Waals surface area (Å²) in [5.74, 6) is -0.120. The SMILES string of the molecule is CCCCS(=O)(=O)N(CC(=O)N(Cc1ccc(F)cc1)Cc1ccco1)C[C@@H]1CCCO1. The van der Waals surface area contributed by atoms with E-state index in [1.165, 1.54) is 27.6 Å². The predicted molar refractivity (Wildman–Crippen MR) is 119 cm³/mol. The van der Waals surface area contributed by atoms with Crippen LogP contribution in [0.25, 0.3) is 0 Å². The molecule has 0 spiro atoms. The molecule has 0 radical (unpaired) electrons. The number of halogens is 1. The first kappa shape index (κ1) is 24.4. The van der Waals surface area contributed by atoms with E-state index in [-0.39, 0.29) is 49.8 Å². The highest BCUT2D eigenvalue weighted by atomic mass is 32.2. The Kier molecular flexibility index (Phi) is 8.84. The third-order valence-electron chi connectivity index (χ3n) is 5.46. The lowest BCUT2D eigenvalue weighted by molar-refractivity contribution is -0.133. The third-order valence-corrected chi connectivity index (χ3v) is 7.33. The van der Waals surface area contributed by atoms with Gasteiger partial charge < -0.3 is 14.1 Å². The molecule has 1 aromatic carbocycles. The number of unbranched alkanes of at least 4 members (excludes halogenated alkanes) is 1. The van der Waals surface area contributed by atoms with Crippen LogP contribution in [0.5, 0.6) is 0 Å². The van der Waals surface area contributed by atoms with Gasteiger partial charge in [-0.1, -0.05) is 25.5 Å². The number of ether oxygens (including phenoxy) is 1. The molecule has 2 heterocycles. The number of hydrogen-bond donors (Lipinski definition) is 0. The quantitative estimate of drug-likeness (QED) is 0.478. The highest BCUT2D eigenvalue weighted by Crippen LogP contribution is 2.18. The van der Waals surface area contributed by atoms with Crippen molar-refractivity contribution in [3.63, 3.8) is 0 Å². The smallest absolute Gasteiger partial charge is 0.238 e. The predicted octanol–water partition coefficient (Wildman–Crippen LogP) is 3.56. The highest BCUT2D eigenvalue weighted by Gasteiger charge is 2.30. The minimum absolute atomic E-state index is 0.000351. The number of rotatable bonds is 12. The molecule has 7 nitrogen and oxygen atoms in total. The van der Waals surface area contributed by atoms with Gasteiger partial charge in [0.05, 0.1) is 31.2 Å². The van der Waals surface area contributed by atoms with Gasteiger partial charge in [-0.15, -0.1) is 0 Å². The maximum Gasteiger partial charge on any atom is 0.238 e. The highest BCUT2D eigenvalue weighted by molar-refractivity contribution is 7.89. The van der Waals surface area contributed by atoms with E-state index in [0.29, 0.717) is 18.8 Å². The maximum absolute atomic E-state index is 13.3. The average Bonchev–Trinajstić information content (AvgIpc) is 3.47. The van der Waals surface area contributed by atoms with Crippen molar-refractivity contribution < 1.29 is 26.8 Å². The van der Waals surface area contributed by atoms with Crippen LogP contribution in [0.3, 0.4) is 0 Å². The van der Waals surface area contributed by atoms with Crippen molar-refractivity contribution in [1.82, 2.24) is 9.21 Å². The number of carbonyl (C=O) groups excluding carboxylic acids is 1. The van der Waals surface area contributed by atoms with Crippen LogP contribution in [-0.4, -0.2) is 55.1 Å². The topological polar surface area (TPSA) is 80.1 Å². The Morgan fingerprint density at radius 1 is 1.19 bits per heavy atom. The molecule has 0 N–H and O–H groups in total. The van der Waals surface area contributed by atoms with Crippen LogP contribution in [-0.2, 0) is 32.6 Å². The fourth-order valence-corrected chi connectivity index (χ4v) is 5.24. The van der Waals surface area contributed by atoms with Gasteiger partial charge in [0, 0.05) is 19.7 Å². The normalized spacial score (nSPS) is 16.5. The summed E-state index contributed by atoms with van der Waals surface area (Å²) in [5.41, 5.74) is 0.742. The monoisotopic (exact) mass is 466 g/mol. The molecule has 1 aliphatic rings. The Morgan fingerprint density at radius 2 is 1.97 bits per heavy atom. The van der Waals surface area contributed by atoms with Crippen molar-refractivity contribution in [2.45, 2.75) is 51.8 Å². The zero-order chi connectivity index (χ0) is 23.0. The Hall–Kier alpha value is -2.23. The van der Waals surface area contributed by atoms with Crippen molar-refractivity contribution >= 4 is 15.9 Å². The van der Waals surface area contributed by atoms with Crippen LogP contribution < -0.4 is 0 Å². The zero-order valence-electron chi connectivity index (χ0n) is 18.4. The van der Waals surface area contributed by atoms with Gasteiger partial charge in [0.1, 0.15) is 11.6 Å². The molecule has 9 heteroatoms. The van der Waals surface area contributed by atoms with Crippen molar-refractivity contribution in [2.24, 2.45) is 0 Å². The van der Waals surface area contributed by atoms with Gasteiger partial charge in [-0.05, 0) is 49.1 Å². The summed E-state index contributed by atoms with van der Waals surface area (Å²) < 4.78 is 51.6. The van der Waals surface area contributed by atoms with Crippen molar-refractivity contribution in [1.29, 1.82) is 0 Å². The number of sulfonamides is 1. The minimum Gasteiger partial charge on any atom is -0.467 e. The zero-order valence-corrected chi connectivity index (χ0v) is 19.2. The summed E-state index contributed by atoms with van der Waals surface area (Å²) in [6.45, 7) is 2.83. The molecule has 0 unspecified atom stereocenters. The second kappa shape index (κ2) is 11.6. The summed E-state index contributed by atoms with van der Waals surface area (Å²) in [4.78, 5) is 14.8. The molecule has 3 rings (SSSR count). The first-order chi connectivity index (χ1) is 15.4. The molecule has 1 saturated heterocycles. The molecule has 0 aliphatic carbocycles. The average molecular weight is 467 g/mol. The van der Waals surface area contributed by atoms with Crippen LogP contribution in [0.4, 0.5) is 4.39 Å². The van der Waals surface area contributed by atoms with Crippen LogP contribution >= 0.6 is 0 Å². The standard InChI is InChI=1S/C23H31FN2O5S/c1-2-3-14-32(28,29)26(17-22-7-5-13-31-22)18-23(27)25(16-21-6-4-12-30-21)15-19-8-10-20(24)11-9-19/h4,6,8-12,22H,2-3,5,7,13-18H2,1H3/t22-/m0/s1. The maximum atomic E-state index is 13.3. The molecule has 1 amide bonds. The van der Waals surface area contributed by atoms with Crippen LogP contribution in [0, 0.1) is 5.82 Å². The number of amides is 1. The molecule has 32 heavy (non-hydrogen) atoms. The van der Waals surface area contributed by atoms with Gasteiger partial charge in [0.15, 0.2) is 0 Å². The van der Waals surface area contributed by atoms with Crippen LogP contribution in [0.15, 0.2) is 47.1 Å². The van der Waals surface area contributed by atoms with E-state index < -0.39 is 10.0 Å². The minimum atomic E-state index is -3.61. The molecular formula is C23H31FN2O5S. The molecule has 2 aromatic rings. The van der Waals surface area contributed by atoms with E-state index in [2.05, 4.69) is 0 Å². The largest absolute Gasteiger partial charge is 0.467 e. The van der Waals surface area contributed by atoms with Gasteiger partial charge in [0.2, 0.25) is 15.9 Å². The summed E-state index contributed by atoms with van der Waals surface area (Å²) in [6.07, 6.45) is 4.26. The van der Waals surface area contributed by atoms with Gasteiger partial charge >= 0.3 is 0 Å². The van der Waals surface area contributed by atoms with E-state index in [4.69, 9.17) is 9.15 Å². The Bertz CT molecular complexity index is 941. The van der Waals surface area contributed by atoms with E-state index in [9.17, 15) is 17.6 Å². The lowest BCUT2D eigenvalue weighted by Gasteiger charge is -2.28. The molecule has 176 valence electrons. The molecule has 1 aromatic heterocycles. The lowest BCUT2D eigenvalue weighted by Crippen LogP contribution is -2.46. The molecule has 1 aliphatic heterocycles. The van der Waals surface area contributed by atoms with Crippen molar-refractivity contribution in [3.8, 4) is 0 Å². The summed E-state index contributed by atoms with van der Waals surface area (Å²) >= 11 is 0. The van der Waals surface area contributed by atoms with E-state index in [1.807, 2.05) is 6.92 Å². The first-order valence-corrected chi connectivity index (χ1v) is 12.6. The lowest BCUT2D eigenvalue weighted by atomic mass is 10.2. The van der Waals surface area contributed by atoms with E-state index >= 15 is 0 Å². The van der Waals surface area contributed by atoms with Gasteiger partial charge in [-0.2, -0.15) is 4.31 Å². The van der Waals surface area contributed by atoms with Gasteiger partial charge in [-0.3, -0.25) is 4.79 Å². The molecule has 0 bridgehead atoms. The van der Waals surface area contributed by atoms with Crippen LogP contribution in [0.1, 0.15) is 43.9 Å². The van der Waals surface area contributed by atoms with Gasteiger partial charge in [0.25, 0.3) is 0 Å². The number of benzene rings is 1. The molecule has 0 saturated carbocycles. The molecular weight excluding hydrogens is 435 g/mol. The molecule has 1 fully saturated rings. The second-order valence-electron chi connectivity index (χ2n) is 8.05. The Balaban J connectivity index is 1.78. The fourth-order valence-electron chi connectivity index (χ4n) is 3.63.